The van der Waals surface area contributed by atoms with E-state index in [1.54, 1.807) is 6.08 Å². The van der Waals surface area contributed by atoms with Crippen LogP contribution in [0.25, 0.3) is 6.08 Å². The van der Waals surface area contributed by atoms with Crippen LogP contribution in [0.15, 0.2) is 42.0 Å². The molecule has 0 N–H and O–H groups in total. The Kier molecular flexibility index (Phi) is 6.02. The molecular weight excluding hydrogens is 208 g/mol. The highest BCUT2D eigenvalue weighted by Crippen LogP contribution is 2.12. The van der Waals surface area contributed by atoms with E-state index in [2.05, 4.69) is 44.2 Å². The fraction of sp³-hybridized carbons (Fsp3) is 0.312. The maximum absolute atomic E-state index is 10.5. The molecule has 0 saturated heterocycles. The largest absolute Gasteiger partial charge is 0.299 e. The quantitative estimate of drug-likeness (QED) is 0.402. The van der Waals surface area contributed by atoms with Crippen LogP contribution in [0, 0.1) is 6.92 Å². The Morgan fingerprint density at radius 2 is 1.94 bits per heavy atom. The molecular formula is C16H20O. The molecule has 0 aliphatic heterocycles. The Balaban J connectivity index is 2.69. The summed E-state index contributed by atoms with van der Waals surface area (Å²) in [5.74, 6) is 0. The molecule has 0 atom stereocenters. The van der Waals surface area contributed by atoms with Crippen molar-refractivity contribution in [2.45, 2.75) is 33.1 Å². The van der Waals surface area contributed by atoms with Gasteiger partial charge in [-0.15, -0.1) is 0 Å². The van der Waals surface area contributed by atoms with Crippen molar-refractivity contribution in [2.24, 2.45) is 0 Å². The Hall–Kier alpha value is -1.63. The van der Waals surface area contributed by atoms with E-state index in [-0.39, 0.29) is 0 Å². The first-order chi connectivity index (χ1) is 8.26. The van der Waals surface area contributed by atoms with Gasteiger partial charge in [-0.05, 0) is 37.0 Å². The van der Waals surface area contributed by atoms with E-state index < -0.39 is 0 Å². The average molecular weight is 228 g/mol. The third kappa shape index (κ3) is 5.30. The number of allylic oxidation sites excluding steroid dienone is 3. The van der Waals surface area contributed by atoms with Gasteiger partial charge in [-0.3, -0.25) is 4.79 Å². The summed E-state index contributed by atoms with van der Waals surface area (Å²) in [6.45, 7) is 4.23. The van der Waals surface area contributed by atoms with Gasteiger partial charge in [0, 0.05) is 0 Å². The molecule has 0 fully saturated rings. The maximum Gasteiger partial charge on any atom is 0.143 e. The molecule has 1 aromatic rings. The monoisotopic (exact) mass is 228 g/mol. The van der Waals surface area contributed by atoms with Crippen molar-refractivity contribution in [1.82, 2.24) is 0 Å². The molecule has 0 aliphatic rings. The second-order valence-corrected chi connectivity index (χ2v) is 4.23. The SMILES string of the molecule is CCCCC(/C=C/c1ccc(C)cc1)=C\C=O. The van der Waals surface area contributed by atoms with Crippen molar-refractivity contribution in [3.05, 3.63) is 53.1 Å². The number of hydrogen-bond acceptors (Lipinski definition) is 1. The normalized spacial score (nSPS) is 12.0. The molecule has 0 bridgehead atoms. The van der Waals surface area contributed by atoms with Gasteiger partial charge >= 0.3 is 0 Å². The number of aldehydes is 1. The van der Waals surface area contributed by atoms with Crippen LogP contribution in [-0.2, 0) is 4.79 Å². The summed E-state index contributed by atoms with van der Waals surface area (Å²) >= 11 is 0. The third-order valence-corrected chi connectivity index (χ3v) is 2.67. The van der Waals surface area contributed by atoms with E-state index in [0.29, 0.717) is 0 Å². The van der Waals surface area contributed by atoms with E-state index in [4.69, 9.17) is 0 Å². The number of aryl methyl sites for hydroxylation is 1. The summed E-state index contributed by atoms with van der Waals surface area (Å²) in [7, 11) is 0. The lowest BCUT2D eigenvalue weighted by Gasteiger charge is -1.99. The molecule has 0 radical (unpaired) electrons. The lowest BCUT2D eigenvalue weighted by Crippen LogP contribution is -1.81. The van der Waals surface area contributed by atoms with Crippen LogP contribution in [0.2, 0.25) is 0 Å². The van der Waals surface area contributed by atoms with Crippen molar-refractivity contribution in [3.8, 4) is 0 Å². The van der Waals surface area contributed by atoms with Gasteiger partial charge in [0.15, 0.2) is 0 Å². The summed E-state index contributed by atoms with van der Waals surface area (Å²) in [5, 5.41) is 0. The summed E-state index contributed by atoms with van der Waals surface area (Å²) in [5.41, 5.74) is 3.53. The van der Waals surface area contributed by atoms with E-state index in [9.17, 15) is 4.79 Å². The van der Waals surface area contributed by atoms with E-state index in [1.807, 2.05) is 6.08 Å². The number of unbranched alkanes of at least 4 members (excludes halogenated alkanes) is 1. The Morgan fingerprint density at radius 1 is 1.24 bits per heavy atom. The van der Waals surface area contributed by atoms with Crippen molar-refractivity contribution < 1.29 is 4.79 Å². The van der Waals surface area contributed by atoms with Crippen LogP contribution in [0.1, 0.15) is 37.3 Å². The molecule has 0 saturated carbocycles. The molecule has 90 valence electrons. The van der Waals surface area contributed by atoms with E-state index in [0.717, 1.165) is 31.1 Å². The first kappa shape index (κ1) is 13.4. The van der Waals surface area contributed by atoms with Crippen LogP contribution in [0.3, 0.4) is 0 Å². The van der Waals surface area contributed by atoms with Gasteiger partial charge in [-0.2, -0.15) is 0 Å². The maximum atomic E-state index is 10.5. The number of carbonyl (C=O) groups excluding carboxylic acids is 1. The number of hydrogen-bond donors (Lipinski definition) is 0. The van der Waals surface area contributed by atoms with Gasteiger partial charge in [-0.25, -0.2) is 0 Å². The highest BCUT2D eigenvalue weighted by molar-refractivity contribution is 5.68. The van der Waals surface area contributed by atoms with Crippen LogP contribution in [0.4, 0.5) is 0 Å². The minimum Gasteiger partial charge on any atom is -0.299 e. The van der Waals surface area contributed by atoms with Crippen LogP contribution in [-0.4, -0.2) is 6.29 Å². The zero-order chi connectivity index (χ0) is 12.5. The standard InChI is InChI=1S/C16H20O/c1-3-4-5-15(12-13-17)10-11-16-8-6-14(2)7-9-16/h6-13H,3-5H2,1-2H3/b11-10+,15-12+. The highest BCUT2D eigenvalue weighted by atomic mass is 16.1. The Bertz CT molecular complexity index is 396. The van der Waals surface area contributed by atoms with Crippen molar-refractivity contribution in [1.29, 1.82) is 0 Å². The summed E-state index contributed by atoms with van der Waals surface area (Å²) in [6.07, 6.45) is 9.86. The zero-order valence-electron chi connectivity index (χ0n) is 10.6. The first-order valence-corrected chi connectivity index (χ1v) is 6.15. The third-order valence-electron chi connectivity index (χ3n) is 2.67. The molecule has 0 aromatic heterocycles. The average Bonchev–Trinajstić information content (AvgIpc) is 2.35. The molecule has 1 rings (SSSR count). The molecule has 1 nitrogen and oxygen atoms in total. The molecule has 0 amide bonds. The van der Waals surface area contributed by atoms with Crippen LogP contribution < -0.4 is 0 Å². The van der Waals surface area contributed by atoms with Crippen molar-refractivity contribution in [2.75, 3.05) is 0 Å². The molecule has 0 aliphatic carbocycles. The molecule has 17 heavy (non-hydrogen) atoms. The fourth-order valence-electron chi connectivity index (χ4n) is 1.57. The van der Waals surface area contributed by atoms with Gasteiger partial charge < -0.3 is 0 Å². The lowest BCUT2D eigenvalue weighted by molar-refractivity contribution is -0.104. The number of carbonyl (C=O) groups is 1. The van der Waals surface area contributed by atoms with Gasteiger partial charge in [0.2, 0.25) is 0 Å². The second-order valence-electron chi connectivity index (χ2n) is 4.23. The minimum absolute atomic E-state index is 0.866. The van der Waals surface area contributed by atoms with Crippen molar-refractivity contribution >= 4 is 12.4 Å². The van der Waals surface area contributed by atoms with Gasteiger partial charge in [0.1, 0.15) is 6.29 Å². The van der Waals surface area contributed by atoms with Crippen molar-refractivity contribution in [3.63, 3.8) is 0 Å². The molecule has 1 aromatic carbocycles. The Morgan fingerprint density at radius 3 is 2.53 bits per heavy atom. The highest BCUT2D eigenvalue weighted by Gasteiger charge is 1.92. The molecule has 0 unspecified atom stereocenters. The van der Waals surface area contributed by atoms with Crippen LogP contribution in [0.5, 0.6) is 0 Å². The zero-order valence-corrected chi connectivity index (χ0v) is 10.6. The van der Waals surface area contributed by atoms with Gasteiger partial charge in [0.25, 0.3) is 0 Å². The molecule has 0 spiro atoms. The summed E-state index contributed by atoms with van der Waals surface area (Å²) < 4.78 is 0. The fourth-order valence-corrected chi connectivity index (χ4v) is 1.57. The predicted molar refractivity (Wildman–Crippen MR) is 73.9 cm³/mol. The topological polar surface area (TPSA) is 17.1 Å². The number of benzene rings is 1. The molecule has 0 heterocycles. The molecule has 1 heteroatoms. The minimum atomic E-state index is 0.866. The van der Waals surface area contributed by atoms with Gasteiger partial charge in [-0.1, -0.05) is 55.3 Å². The Labute approximate surface area is 104 Å². The first-order valence-electron chi connectivity index (χ1n) is 6.15. The van der Waals surface area contributed by atoms with E-state index >= 15 is 0 Å². The summed E-state index contributed by atoms with van der Waals surface area (Å²) in [4.78, 5) is 10.5. The number of rotatable bonds is 6. The smallest absolute Gasteiger partial charge is 0.143 e. The lowest BCUT2D eigenvalue weighted by atomic mass is 10.1. The van der Waals surface area contributed by atoms with Gasteiger partial charge in [0.05, 0.1) is 0 Å². The van der Waals surface area contributed by atoms with E-state index in [1.165, 1.54) is 11.1 Å². The predicted octanol–water partition coefficient (Wildman–Crippen LogP) is 4.32. The van der Waals surface area contributed by atoms with Crippen LogP contribution >= 0.6 is 0 Å². The summed E-state index contributed by atoms with van der Waals surface area (Å²) in [6, 6.07) is 8.36. The second kappa shape index (κ2) is 7.61.